The summed E-state index contributed by atoms with van der Waals surface area (Å²) in [7, 11) is 0. The molecule has 10 nitrogen and oxygen atoms in total. The van der Waals surface area contributed by atoms with Crippen molar-refractivity contribution in [3.63, 3.8) is 0 Å². The van der Waals surface area contributed by atoms with Crippen molar-refractivity contribution in [2.75, 3.05) is 0 Å². The third-order valence-corrected chi connectivity index (χ3v) is 3.54. The van der Waals surface area contributed by atoms with Crippen molar-refractivity contribution in [2.45, 2.75) is 33.1 Å². The van der Waals surface area contributed by atoms with E-state index >= 15 is 0 Å². The molecule has 3 heterocycles. The molecule has 3 aromatic rings. The van der Waals surface area contributed by atoms with E-state index in [9.17, 15) is 5.11 Å². The van der Waals surface area contributed by atoms with E-state index in [-0.39, 0.29) is 28.7 Å². The lowest BCUT2D eigenvalue weighted by Crippen LogP contribution is -2.11. The molecule has 132 valence electrons. The Hall–Kier alpha value is -3.61. The minimum absolute atomic E-state index is 0.167. The summed E-state index contributed by atoms with van der Waals surface area (Å²) in [6.07, 6.45) is 3.08. The largest absolute Gasteiger partial charge is 0.492 e. The van der Waals surface area contributed by atoms with Crippen LogP contribution in [0.5, 0.6) is 5.88 Å². The number of nitrogens with zero attached hydrogens (tertiary/aromatic N) is 8. The van der Waals surface area contributed by atoms with Crippen LogP contribution in [0.25, 0.3) is 10.8 Å². The molecule has 0 aliphatic heterocycles. The van der Waals surface area contributed by atoms with Crippen molar-refractivity contribution >= 4 is 17.2 Å². The van der Waals surface area contributed by atoms with Crippen LogP contribution < -0.4 is 0 Å². The summed E-state index contributed by atoms with van der Waals surface area (Å²) in [5.41, 5.74) is 1.21. The molecule has 0 saturated heterocycles. The fraction of sp³-hybridized carbons (Fsp3) is 0.312. The van der Waals surface area contributed by atoms with Crippen LogP contribution in [0.2, 0.25) is 0 Å². The van der Waals surface area contributed by atoms with Crippen molar-refractivity contribution in [3.05, 3.63) is 41.3 Å². The van der Waals surface area contributed by atoms with Gasteiger partial charge in [-0.25, -0.2) is 14.8 Å². The van der Waals surface area contributed by atoms with E-state index in [4.69, 9.17) is 6.57 Å². The number of aryl methyl sites for hydroxylation is 1. The van der Waals surface area contributed by atoms with E-state index in [1.165, 1.54) is 4.68 Å². The maximum atomic E-state index is 10.4. The first-order chi connectivity index (χ1) is 12.3. The molecule has 0 saturated carbocycles. The van der Waals surface area contributed by atoms with Gasteiger partial charge < -0.3 is 5.11 Å². The van der Waals surface area contributed by atoms with Gasteiger partial charge in [0.2, 0.25) is 5.88 Å². The minimum atomic E-state index is -0.308. The Morgan fingerprint density at radius 2 is 1.92 bits per heavy atom. The van der Waals surface area contributed by atoms with Crippen molar-refractivity contribution in [3.8, 4) is 11.8 Å². The number of aromatic amines is 1. The monoisotopic (exact) mass is 351 g/mol. The topological polar surface area (TPSA) is 122 Å². The molecule has 0 atom stereocenters. The zero-order valence-electron chi connectivity index (χ0n) is 14.8. The molecule has 0 aromatic carbocycles. The van der Waals surface area contributed by atoms with E-state index < -0.39 is 0 Å². The van der Waals surface area contributed by atoms with Gasteiger partial charge in [0, 0.05) is 12.4 Å². The number of hydrogen-bond donors (Lipinski definition) is 2. The Kier molecular flexibility index (Phi) is 4.21. The van der Waals surface area contributed by atoms with E-state index in [0.717, 1.165) is 0 Å². The van der Waals surface area contributed by atoms with Crippen LogP contribution in [0.4, 0.5) is 17.2 Å². The maximum absolute atomic E-state index is 10.4. The standard InChI is InChI=1S/C16H17N9O/c1-9-10(14(26)25(24-9)15-18-7-6-8-19-15)20-22-13-11(17-5)12(21-23-13)16(2,3)4/h6-8,26H,1-4H3,(H,21,23)/b22-20+. The highest BCUT2D eigenvalue weighted by Crippen LogP contribution is 2.38. The molecule has 3 aromatic heterocycles. The van der Waals surface area contributed by atoms with Gasteiger partial charge in [-0.05, 0) is 18.4 Å². The second kappa shape index (κ2) is 6.36. The lowest BCUT2D eigenvalue weighted by molar-refractivity contribution is 0.431. The van der Waals surface area contributed by atoms with Gasteiger partial charge in [0.05, 0.1) is 18.0 Å². The summed E-state index contributed by atoms with van der Waals surface area (Å²) in [6.45, 7) is 14.9. The fourth-order valence-electron chi connectivity index (χ4n) is 2.29. The number of nitrogens with one attached hydrogen (secondary N) is 1. The lowest BCUT2D eigenvalue weighted by atomic mass is 9.91. The number of aromatic hydroxyl groups is 1. The van der Waals surface area contributed by atoms with Crippen LogP contribution >= 0.6 is 0 Å². The normalized spacial score (nSPS) is 11.8. The van der Waals surface area contributed by atoms with Gasteiger partial charge in [-0.3, -0.25) is 5.10 Å². The number of azo groups is 1. The second-order valence-corrected chi connectivity index (χ2v) is 6.55. The van der Waals surface area contributed by atoms with Crippen LogP contribution in [0.1, 0.15) is 32.2 Å². The third kappa shape index (κ3) is 3.02. The first-order valence-corrected chi connectivity index (χ1v) is 7.77. The highest BCUT2D eigenvalue weighted by Gasteiger charge is 2.25. The summed E-state index contributed by atoms with van der Waals surface area (Å²) in [5, 5.41) is 29.6. The molecule has 0 aliphatic carbocycles. The van der Waals surface area contributed by atoms with Gasteiger partial charge in [0.15, 0.2) is 11.5 Å². The van der Waals surface area contributed by atoms with Crippen molar-refractivity contribution in [2.24, 2.45) is 10.2 Å². The maximum Gasteiger partial charge on any atom is 0.255 e. The minimum Gasteiger partial charge on any atom is -0.492 e. The smallest absolute Gasteiger partial charge is 0.255 e. The number of H-pyrrole nitrogens is 1. The van der Waals surface area contributed by atoms with Crippen LogP contribution in [-0.4, -0.2) is 35.1 Å². The predicted octanol–water partition coefficient (Wildman–Crippen LogP) is 3.66. The van der Waals surface area contributed by atoms with E-state index in [0.29, 0.717) is 17.1 Å². The molecule has 26 heavy (non-hydrogen) atoms. The summed E-state index contributed by atoms with van der Waals surface area (Å²) in [4.78, 5) is 11.6. The molecule has 0 bridgehead atoms. The predicted molar refractivity (Wildman–Crippen MR) is 93.3 cm³/mol. The average Bonchev–Trinajstić information content (AvgIpc) is 3.14. The van der Waals surface area contributed by atoms with Gasteiger partial charge in [-0.1, -0.05) is 20.8 Å². The zero-order chi connectivity index (χ0) is 18.9. The van der Waals surface area contributed by atoms with Crippen molar-refractivity contribution in [1.82, 2.24) is 29.9 Å². The molecule has 0 aliphatic rings. The van der Waals surface area contributed by atoms with E-state index in [1.54, 1.807) is 25.4 Å². The SMILES string of the molecule is [C-]#[N+]c1c(C(C)(C)C)n[nH]c1/N=N/c1c(C)nn(-c2ncccn2)c1O. The van der Waals surface area contributed by atoms with Crippen LogP contribution in [0.15, 0.2) is 28.7 Å². The Morgan fingerprint density at radius 1 is 1.23 bits per heavy atom. The van der Waals surface area contributed by atoms with Crippen LogP contribution in [0.3, 0.4) is 0 Å². The number of hydrogen-bond acceptors (Lipinski definition) is 7. The Bertz CT molecular complexity index is 1000. The number of aromatic nitrogens is 6. The second-order valence-electron chi connectivity index (χ2n) is 6.55. The molecule has 10 heteroatoms. The first-order valence-electron chi connectivity index (χ1n) is 7.77. The highest BCUT2D eigenvalue weighted by molar-refractivity contribution is 5.67. The van der Waals surface area contributed by atoms with Crippen LogP contribution in [0, 0.1) is 13.5 Å². The summed E-state index contributed by atoms with van der Waals surface area (Å²) < 4.78 is 1.17. The lowest BCUT2D eigenvalue weighted by Gasteiger charge is -2.15. The fourth-order valence-corrected chi connectivity index (χ4v) is 2.29. The first kappa shape index (κ1) is 17.2. The molecule has 0 unspecified atom stereocenters. The van der Waals surface area contributed by atoms with Gasteiger partial charge in [-0.2, -0.15) is 14.9 Å². The Labute approximate surface area is 149 Å². The molecule has 3 rings (SSSR count). The Balaban J connectivity index is 2.00. The van der Waals surface area contributed by atoms with Crippen molar-refractivity contribution < 1.29 is 5.11 Å². The molecule has 0 amide bonds. The summed E-state index contributed by atoms with van der Waals surface area (Å²) in [6, 6.07) is 1.66. The Morgan fingerprint density at radius 3 is 2.54 bits per heavy atom. The molecule has 0 fully saturated rings. The van der Waals surface area contributed by atoms with Gasteiger partial charge in [-0.15, -0.1) is 10.2 Å². The van der Waals surface area contributed by atoms with Crippen molar-refractivity contribution in [1.29, 1.82) is 0 Å². The quantitative estimate of drug-likeness (QED) is 0.551. The summed E-state index contributed by atoms with van der Waals surface area (Å²) in [5.74, 6) is 0.206. The van der Waals surface area contributed by atoms with Gasteiger partial charge in [0.1, 0.15) is 0 Å². The van der Waals surface area contributed by atoms with Gasteiger partial charge >= 0.3 is 0 Å². The summed E-state index contributed by atoms with van der Waals surface area (Å²) >= 11 is 0. The third-order valence-electron chi connectivity index (χ3n) is 3.54. The number of rotatable bonds is 3. The van der Waals surface area contributed by atoms with E-state index in [2.05, 4.69) is 40.3 Å². The molecular formula is C16H17N9O. The molecular weight excluding hydrogens is 334 g/mol. The highest BCUT2D eigenvalue weighted by atomic mass is 16.3. The average molecular weight is 351 g/mol. The zero-order valence-corrected chi connectivity index (χ0v) is 14.8. The molecule has 0 radical (unpaired) electrons. The van der Waals surface area contributed by atoms with Gasteiger partial charge in [0.25, 0.3) is 11.6 Å². The molecule has 0 spiro atoms. The van der Waals surface area contributed by atoms with Crippen LogP contribution in [-0.2, 0) is 5.41 Å². The molecule has 2 N–H and O–H groups in total. The van der Waals surface area contributed by atoms with E-state index in [1.807, 2.05) is 20.8 Å².